The predicted molar refractivity (Wildman–Crippen MR) is 77.9 cm³/mol. The second-order valence-corrected chi connectivity index (χ2v) is 7.33. The predicted octanol–water partition coefficient (Wildman–Crippen LogP) is 1.65. The number of hydrogen-bond acceptors (Lipinski definition) is 3. The van der Waals surface area contributed by atoms with Gasteiger partial charge in [-0.25, -0.2) is 0 Å². The summed E-state index contributed by atoms with van der Waals surface area (Å²) in [4.78, 5) is 5.33. The van der Waals surface area contributed by atoms with E-state index < -0.39 is 0 Å². The van der Waals surface area contributed by atoms with Gasteiger partial charge in [-0.05, 0) is 37.3 Å². The molecule has 0 aromatic carbocycles. The van der Waals surface area contributed by atoms with Gasteiger partial charge in [0.05, 0.1) is 0 Å². The highest BCUT2D eigenvalue weighted by atomic mass is 15.3. The van der Waals surface area contributed by atoms with Gasteiger partial charge in [-0.3, -0.25) is 0 Å². The summed E-state index contributed by atoms with van der Waals surface area (Å²) in [5.74, 6) is 0.945. The molecular formula is C15H31N3. The van der Waals surface area contributed by atoms with Crippen LogP contribution in [0.5, 0.6) is 0 Å². The maximum Gasteiger partial charge on any atom is 0.0110 e. The maximum atomic E-state index is 3.46. The molecule has 0 atom stereocenters. The van der Waals surface area contributed by atoms with Gasteiger partial charge in [-0.2, -0.15) is 0 Å². The van der Waals surface area contributed by atoms with E-state index in [2.05, 4.69) is 35.9 Å². The van der Waals surface area contributed by atoms with E-state index in [1.807, 2.05) is 0 Å². The molecule has 0 unspecified atom stereocenters. The molecular weight excluding hydrogens is 222 g/mol. The molecule has 0 amide bonds. The van der Waals surface area contributed by atoms with Gasteiger partial charge in [0.2, 0.25) is 0 Å². The minimum absolute atomic E-state index is 0.442. The Balaban J connectivity index is 1.66. The molecule has 0 bridgehead atoms. The molecule has 2 rings (SSSR count). The van der Waals surface area contributed by atoms with Gasteiger partial charge in [-0.15, -0.1) is 0 Å². The molecule has 2 aliphatic rings. The Bertz CT molecular complexity index is 233. The Morgan fingerprint density at radius 1 is 0.944 bits per heavy atom. The third-order valence-corrected chi connectivity index (χ3v) is 4.14. The molecule has 2 fully saturated rings. The number of hydrogen-bond donors (Lipinski definition) is 1. The summed E-state index contributed by atoms with van der Waals surface area (Å²) < 4.78 is 0. The molecule has 2 aliphatic heterocycles. The Morgan fingerprint density at radius 2 is 1.50 bits per heavy atom. The van der Waals surface area contributed by atoms with Crippen LogP contribution in [-0.4, -0.2) is 62.2 Å². The van der Waals surface area contributed by atoms with Crippen molar-refractivity contribution in [1.29, 1.82) is 0 Å². The van der Waals surface area contributed by atoms with Crippen LogP contribution in [0, 0.1) is 11.3 Å². The van der Waals surface area contributed by atoms with Crippen LogP contribution in [0.25, 0.3) is 0 Å². The van der Waals surface area contributed by atoms with Crippen molar-refractivity contribution in [2.24, 2.45) is 11.3 Å². The Morgan fingerprint density at radius 3 is 2.06 bits per heavy atom. The molecule has 18 heavy (non-hydrogen) atoms. The van der Waals surface area contributed by atoms with Gasteiger partial charge in [0.25, 0.3) is 0 Å². The average Bonchev–Trinajstić information content (AvgIpc) is 2.31. The van der Waals surface area contributed by atoms with E-state index in [1.165, 1.54) is 65.2 Å². The molecule has 3 heteroatoms. The normalized spacial score (nSPS) is 25.5. The van der Waals surface area contributed by atoms with Crippen LogP contribution in [0.15, 0.2) is 0 Å². The van der Waals surface area contributed by atoms with Crippen LogP contribution < -0.4 is 5.32 Å². The molecule has 0 aromatic heterocycles. The number of piperazine rings is 1. The van der Waals surface area contributed by atoms with Crippen molar-refractivity contribution in [2.75, 3.05) is 52.4 Å². The molecule has 2 heterocycles. The van der Waals surface area contributed by atoms with Gasteiger partial charge in [0.15, 0.2) is 0 Å². The van der Waals surface area contributed by atoms with E-state index in [4.69, 9.17) is 0 Å². The van der Waals surface area contributed by atoms with Crippen molar-refractivity contribution in [1.82, 2.24) is 15.1 Å². The highest BCUT2D eigenvalue weighted by Crippen LogP contribution is 2.18. The number of nitrogens with zero attached hydrogens (tertiary/aromatic N) is 2. The average molecular weight is 253 g/mol. The summed E-state index contributed by atoms with van der Waals surface area (Å²) in [6, 6.07) is 0. The van der Waals surface area contributed by atoms with Crippen molar-refractivity contribution < 1.29 is 0 Å². The second kappa shape index (κ2) is 6.36. The SMILES string of the molecule is CC(C)(C)CN1CCN(CC2CCNCC2)CC1. The van der Waals surface area contributed by atoms with Crippen LogP contribution in [0.3, 0.4) is 0 Å². The molecule has 2 saturated heterocycles. The first-order valence-corrected chi connectivity index (χ1v) is 7.68. The fraction of sp³-hybridized carbons (Fsp3) is 1.00. The summed E-state index contributed by atoms with van der Waals surface area (Å²) in [6.45, 7) is 17.2. The lowest BCUT2D eigenvalue weighted by molar-refractivity contribution is 0.0880. The van der Waals surface area contributed by atoms with Crippen LogP contribution in [0.4, 0.5) is 0 Å². The third kappa shape index (κ3) is 4.87. The zero-order valence-corrected chi connectivity index (χ0v) is 12.5. The quantitative estimate of drug-likeness (QED) is 0.825. The smallest absolute Gasteiger partial charge is 0.0110 e. The monoisotopic (exact) mass is 253 g/mol. The van der Waals surface area contributed by atoms with Crippen LogP contribution in [0.1, 0.15) is 33.6 Å². The minimum atomic E-state index is 0.442. The first-order valence-electron chi connectivity index (χ1n) is 7.68. The Labute approximate surface area is 113 Å². The fourth-order valence-electron chi connectivity index (χ4n) is 3.23. The van der Waals surface area contributed by atoms with Gasteiger partial charge < -0.3 is 15.1 Å². The summed E-state index contributed by atoms with van der Waals surface area (Å²) in [5, 5.41) is 3.46. The Kier molecular flexibility index (Phi) is 5.05. The third-order valence-electron chi connectivity index (χ3n) is 4.14. The van der Waals surface area contributed by atoms with Crippen molar-refractivity contribution in [3.8, 4) is 0 Å². The van der Waals surface area contributed by atoms with Crippen LogP contribution in [-0.2, 0) is 0 Å². The standard InChI is InChI=1S/C15H31N3/c1-15(2,3)13-18-10-8-17(9-11-18)12-14-4-6-16-7-5-14/h14,16H,4-13H2,1-3H3. The van der Waals surface area contributed by atoms with Crippen molar-refractivity contribution in [3.63, 3.8) is 0 Å². The second-order valence-electron chi connectivity index (χ2n) is 7.33. The fourth-order valence-corrected chi connectivity index (χ4v) is 3.23. The summed E-state index contributed by atoms with van der Waals surface area (Å²) in [6.07, 6.45) is 2.75. The number of piperidine rings is 1. The largest absolute Gasteiger partial charge is 0.317 e. The molecule has 0 aliphatic carbocycles. The highest BCUT2D eigenvalue weighted by Gasteiger charge is 2.23. The van der Waals surface area contributed by atoms with E-state index in [-0.39, 0.29) is 0 Å². The zero-order chi connectivity index (χ0) is 13.0. The first kappa shape index (κ1) is 14.3. The van der Waals surface area contributed by atoms with Gasteiger partial charge in [0, 0.05) is 39.3 Å². The molecule has 3 nitrogen and oxygen atoms in total. The molecule has 0 saturated carbocycles. The van der Waals surface area contributed by atoms with Crippen LogP contribution >= 0.6 is 0 Å². The topological polar surface area (TPSA) is 18.5 Å². The van der Waals surface area contributed by atoms with Crippen LogP contribution in [0.2, 0.25) is 0 Å². The summed E-state index contributed by atoms with van der Waals surface area (Å²) in [7, 11) is 0. The molecule has 0 aromatic rings. The van der Waals surface area contributed by atoms with Gasteiger partial charge in [-0.1, -0.05) is 20.8 Å². The van der Waals surface area contributed by atoms with Gasteiger partial charge in [0.1, 0.15) is 0 Å². The van der Waals surface area contributed by atoms with E-state index in [9.17, 15) is 0 Å². The molecule has 106 valence electrons. The maximum absolute atomic E-state index is 3.46. The van der Waals surface area contributed by atoms with E-state index in [1.54, 1.807) is 0 Å². The molecule has 1 N–H and O–H groups in total. The minimum Gasteiger partial charge on any atom is -0.317 e. The van der Waals surface area contributed by atoms with E-state index >= 15 is 0 Å². The zero-order valence-electron chi connectivity index (χ0n) is 12.5. The number of nitrogens with one attached hydrogen (secondary N) is 1. The molecule has 0 spiro atoms. The van der Waals surface area contributed by atoms with E-state index in [0.717, 1.165) is 5.92 Å². The summed E-state index contributed by atoms with van der Waals surface area (Å²) in [5.41, 5.74) is 0.442. The summed E-state index contributed by atoms with van der Waals surface area (Å²) >= 11 is 0. The lowest BCUT2D eigenvalue weighted by atomic mass is 9.95. The Hall–Kier alpha value is -0.120. The highest BCUT2D eigenvalue weighted by molar-refractivity contribution is 4.79. The van der Waals surface area contributed by atoms with Crippen molar-refractivity contribution >= 4 is 0 Å². The van der Waals surface area contributed by atoms with Gasteiger partial charge >= 0.3 is 0 Å². The lowest BCUT2D eigenvalue weighted by Crippen LogP contribution is -2.50. The van der Waals surface area contributed by atoms with Crippen molar-refractivity contribution in [3.05, 3.63) is 0 Å². The first-order chi connectivity index (χ1) is 8.53. The molecule has 0 radical (unpaired) electrons. The number of rotatable bonds is 3. The van der Waals surface area contributed by atoms with E-state index in [0.29, 0.717) is 5.41 Å². The lowest BCUT2D eigenvalue weighted by Gasteiger charge is -2.39. The van der Waals surface area contributed by atoms with Crippen molar-refractivity contribution in [2.45, 2.75) is 33.6 Å².